The lowest BCUT2D eigenvalue weighted by Crippen LogP contribution is -2.59. The van der Waals surface area contributed by atoms with Crippen molar-refractivity contribution in [3.8, 4) is 22.4 Å². The van der Waals surface area contributed by atoms with Gasteiger partial charge in [-0.1, -0.05) is 102 Å². The molecule has 0 saturated heterocycles. The molecule has 4 fully saturated rings. The number of hydrogen-bond acceptors (Lipinski definition) is 7. The van der Waals surface area contributed by atoms with Crippen LogP contribution in [0, 0.1) is 46.2 Å². The van der Waals surface area contributed by atoms with Gasteiger partial charge in [0.15, 0.2) is 0 Å². The van der Waals surface area contributed by atoms with Crippen LogP contribution in [-0.4, -0.2) is 66.9 Å². The highest BCUT2D eigenvalue weighted by molar-refractivity contribution is 6.12. The van der Waals surface area contributed by atoms with Crippen LogP contribution in [0.1, 0.15) is 160 Å². The zero-order valence-electron chi connectivity index (χ0n) is 42.0. The van der Waals surface area contributed by atoms with Gasteiger partial charge in [-0.05, 0) is 165 Å². The van der Waals surface area contributed by atoms with E-state index in [4.69, 9.17) is 4.74 Å². The maximum Gasteiger partial charge on any atom is 0.308 e. The Morgan fingerprint density at radius 1 is 0.841 bits per heavy atom. The molecule has 12 atom stereocenters. The number of carbonyl (C=O) groups excluding carboxylic acids is 2. The minimum absolute atomic E-state index is 0.00474. The Morgan fingerprint density at radius 3 is 2.19 bits per heavy atom. The fourth-order valence-corrected chi connectivity index (χ4v) is 14.7. The third-order valence-electron chi connectivity index (χ3n) is 17.9. The normalized spacial score (nSPS) is 29.3. The fraction of sp³-hybridized carbons (Fsp3) is 0.593. The summed E-state index contributed by atoms with van der Waals surface area (Å²) in [5, 5.41) is 49.2. The molecule has 10 heteroatoms. The molecule has 8 rings (SSSR count). The number of rotatable bonds is 18. The van der Waals surface area contributed by atoms with Gasteiger partial charge in [-0.3, -0.25) is 9.59 Å². The summed E-state index contributed by atoms with van der Waals surface area (Å²) in [6.07, 6.45) is 8.22. The van der Waals surface area contributed by atoms with Crippen molar-refractivity contribution < 1.29 is 39.1 Å². The number of nitrogens with zero attached hydrogens (tertiary/aromatic N) is 1. The molecule has 4 aromatic rings. The predicted octanol–water partition coefficient (Wildman–Crippen LogP) is 12.1. The third kappa shape index (κ3) is 10.5. The summed E-state index contributed by atoms with van der Waals surface area (Å²) < 4.78 is 23.0. The van der Waals surface area contributed by atoms with Crippen molar-refractivity contribution in [3.63, 3.8) is 0 Å². The number of benzene rings is 3. The number of nitrogens with one attached hydrogen (secondary N) is 1. The van der Waals surface area contributed by atoms with E-state index in [1.165, 1.54) is 12.1 Å². The summed E-state index contributed by atoms with van der Waals surface area (Å²) in [5.41, 5.74) is 4.05. The highest BCUT2D eigenvalue weighted by atomic mass is 19.1. The Labute approximate surface area is 410 Å². The van der Waals surface area contributed by atoms with Crippen LogP contribution in [0.4, 0.5) is 10.1 Å². The predicted molar refractivity (Wildman–Crippen MR) is 271 cm³/mol. The molecule has 4 saturated carbocycles. The average molecular weight is 947 g/mol. The Kier molecular flexibility index (Phi) is 15.6. The molecule has 1 heterocycles. The van der Waals surface area contributed by atoms with Crippen molar-refractivity contribution in [1.29, 1.82) is 0 Å². The minimum atomic E-state index is -1.16. The van der Waals surface area contributed by atoms with Gasteiger partial charge >= 0.3 is 5.97 Å². The third-order valence-corrected chi connectivity index (χ3v) is 17.9. The van der Waals surface area contributed by atoms with Crippen molar-refractivity contribution >= 4 is 17.6 Å². The van der Waals surface area contributed by atoms with Crippen LogP contribution in [0.25, 0.3) is 22.4 Å². The van der Waals surface area contributed by atoms with E-state index in [-0.39, 0.29) is 72.2 Å². The largest absolute Gasteiger partial charge is 0.462 e. The number of para-hydroxylation sites is 1. The zero-order valence-corrected chi connectivity index (χ0v) is 42.0. The van der Waals surface area contributed by atoms with Crippen LogP contribution in [0.3, 0.4) is 0 Å². The number of aliphatic hydroxyl groups is 4. The monoisotopic (exact) mass is 947 g/mol. The lowest BCUT2D eigenvalue weighted by molar-refractivity contribution is -0.198. The molecule has 4 aliphatic carbocycles. The molecule has 0 bridgehead atoms. The number of fused-ring (bicyclic) bond motifs is 5. The van der Waals surface area contributed by atoms with Crippen molar-refractivity contribution in [2.24, 2.45) is 40.4 Å². The Morgan fingerprint density at radius 2 is 1.51 bits per heavy atom. The first-order valence-electron chi connectivity index (χ1n) is 26.3. The first kappa shape index (κ1) is 51.0. The summed E-state index contributed by atoms with van der Waals surface area (Å²) in [5.74, 6) is 0.175. The zero-order chi connectivity index (χ0) is 49.3. The number of amides is 1. The number of esters is 1. The lowest BCUT2D eigenvalue weighted by Gasteiger charge is -2.63. The molecule has 3 aromatic carbocycles. The number of aliphatic hydroxyl groups excluding tert-OH is 3. The second-order valence-electron chi connectivity index (χ2n) is 22.7. The van der Waals surface area contributed by atoms with Gasteiger partial charge in [0.2, 0.25) is 0 Å². The molecule has 69 heavy (non-hydrogen) atoms. The Balaban J connectivity index is 0.995. The van der Waals surface area contributed by atoms with E-state index in [1.54, 1.807) is 12.1 Å². The maximum atomic E-state index is 14.5. The van der Waals surface area contributed by atoms with Gasteiger partial charge in [0.25, 0.3) is 5.91 Å². The van der Waals surface area contributed by atoms with E-state index < -0.39 is 29.9 Å². The van der Waals surface area contributed by atoms with E-state index in [1.807, 2.05) is 74.5 Å². The van der Waals surface area contributed by atoms with Gasteiger partial charge in [0.1, 0.15) is 11.9 Å². The molecule has 9 nitrogen and oxygen atoms in total. The number of hydrogen-bond donors (Lipinski definition) is 5. The van der Waals surface area contributed by atoms with Crippen LogP contribution < -0.4 is 5.32 Å². The molecule has 1 amide bonds. The van der Waals surface area contributed by atoms with Crippen molar-refractivity contribution in [1.82, 2.24) is 4.57 Å². The second-order valence-corrected chi connectivity index (χ2v) is 22.7. The molecule has 4 aliphatic rings. The van der Waals surface area contributed by atoms with E-state index in [0.717, 1.165) is 87.6 Å². The Bertz CT molecular complexity index is 2370. The fourth-order valence-electron chi connectivity index (χ4n) is 14.7. The van der Waals surface area contributed by atoms with Gasteiger partial charge in [0, 0.05) is 29.4 Å². The summed E-state index contributed by atoms with van der Waals surface area (Å²) >= 11 is 0. The van der Waals surface area contributed by atoms with Crippen LogP contribution in [0.15, 0.2) is 84.9 Å². The Hall–Kier alpha value is -4.35. The number of aromatic nitrogens is 1. The molecular weight excluding hydrogens is 868 g/mol. The van der Waals surface area contributed by atoms with Crippen LogP contribution in [0.2, 0.25) is 0 Å². The van der Waals surface area contributed by atoms with Crippen LogP contribution in [0.5, 0.6) is 0 Å². The molecule has 0 spiro atoms. The maximum absolute atomic E-state index is 14.5. The van der Waals surface area contributed by atoms with Crippen molar-refractivity contribution in [2.45, 2.75) is 180 Å². The summed E-state index contributed by atoms with van der Waals surface area (Å²) in [6, 6.07) is 25.2. The number of carbonyl (C=O) groups is 2. The van der Waals surface area contributed by atoms with Crippen molar-refractivity contribution in [3.05, 3.63) is 102 Å². The molecule has 3 unspecified atom stereocenters. The van der Waals surface area contributed by atoms with Gasteiger partial charge in [-0.25, -0.2) is 4.39 Å². The van der Waals surface area contributed by atoms with Gasteiger partial charge in [0.05, 0.1) is 41.6 Å². The molecule has 0 radical (unpaired) electrons. The van der Waals surface area contributed by atoms with E-state index in [9.17, 15) is 34.4 Å². The number of ether oxygens (including phenoxy) is 1. The number of anilines is 1. The standard InChI is InChI=1S/C59H79FN2O7/c1-7-8-15-29-59(6,68)50-25-24-46-45-36-49(48-34-42(63)26-30-57(48,4)47(45)27-31-58(46,50)5)69-51(66)35-44(65)33-43(64)28-32-62-54(37(2)3)53(56(67)61-41-18-13-10-14-19-41)52(38-16-11-9-12-17-38)55(62)39-20-22-40(60)23-21-39/h9-14,16-23,37,42-50,63-65,68H,7-8,15,24-36H2,1-6H3,(H,61,67)/t42-,43+,44+,45?,46?,47?,48+,49-,50-,57+,58-,59-/m0/s1. The van der Waals surface area contributed by atoms with E-state index >= 15 is 0 Å². The van der Waals surface area contributed by atoms with Crippen molar-refractivity contribution in [2.75, 3.05) is 5.32 Å². The van der Waals surface area contributed by atoms with Gasteiger partial charge in [-0.15, -0.1) is 0 Å². The average Bonchev–Trinajstić information content (AvgIpc) is 3.86. The highest BCUT2D eigenvalue weighted by Crippen LogP contribution is 2.69. The van der Waals surface area contributed by atoms with Crippen LogP contribution in [-0.2, 0) is 16.1 Å². The molecule has 374 valence electrons. The molecule has 0 aliphatic heterocycles. The van der Waals surface area contributed by atoms with E-state index in [0.29, 0.717) is 46.6 Å². The first-order valence-corrected chi connectivity index (χ1v) is 26.3. The SMILES string of the molecule is CCCCC[C@](C)(O)[C@H]1CCC2C3C[C@H](OC(=O)C[C@H](O)C[C@H](O)CCn4c(-c5ccc(F)cc5)c(-c5ccccc5)c(C(=O)Nc5ccccc5)c4C(C)C)[C@H]4C[C@@H](O)CC[C@]4(C)C3CC[C@@]21C. The second kappa shape index (κ2) is 21.2. The first-order chi connectivity index (χ1) is 32.9. The molecule has 5 N–H and O–H groups in total. The van der Waals surface area contributed by atoms with Gasteiger partial charge < -0.3 is 35.0 Å². The number of halogens is 1. The summed E-state index contributed by atoms with van der Waals surface area (Å²) in [6.45, 7) is 13.4. The van der Waals surface area contributed by atoms with Crippen LogP contribution >= 0.6 is 0 Å². The van der Waals surface area contributed by atoms with E-state index in [2.05, 4.69) is 37.6 Å². The quantitative estimate of drug-likeness (QED) is 0.0494. The summed E-state index contributed by atoms with van der Waals surface area (Å²) in [4.78, 5) is 28.5. The lowest BCUT2D eigenvalue weighted by atomic mass is 9.43. The minimum Gasteiger partial charge on any atom is -0.462 e. The topological polar surface area (TPSA) is 141 Å². The molecular formula is C59H79FN2O7. The summed E-state index contributed by atoms with van der Waals surface area (Å²) in [7, 11) is 0. The molecule has 1 aromatic heterocycles. The number of unbranched alkanes of at least 4 members (excludes halogenated alkanes) is 2. The smallest absolute Gasteiger partial charge is 0.308 e. The highest BCUT2D eigenvalue weighted by Gasteiger charge is 2.64. The van der Waals surface area contributed by atoms with Gasteiger partial charge in [-0.2, -0.15) is 0 Å².